The Morgan fingerprint density at radius 2 is 2.20 bits per heavy atom. The van der Waals surface area contributed by atoms with Gasteiger partial charge in [0.15, 0.2) is 0 Å². The van der Waals surface area contributed by atoms with Crippen molar-refractivity contribution in [3.8, 4) is 5.75 Å². The van der Waals surface area contributed by atoms with Crippen LogP contribution < -0.4 is 10.1 Å². The van der Waals surface area contributed by atoms with Gasteiger partial charge in [0, 0.05) is 24.6 Å². The molecular weight excluding hydrogens is 274 g/mol. The maximum absolute atomic E-state index is 6.00. The number of nitrogens with one attached hydrogen (secondary N) is 1. The summed E-state index contributed by atoms with van der Waals surface area (Å²) in [6.07, 6.45) is 6.49. The van der Waals surface area contributed by atoms with Crippen LogP contribution in [0.3, 0.4) is 0 Å². The van der Waals surface area contributed by atoms with E-state index in [2.05, 4.69) is 5.32 Å². The smallest absolute Gasteiger partial charge is 0.123 e. The lowest BCUT2D eigenvalue weighted by Gasteiger charge is -2.22. The summed E-state index contributed by atoms with van der Waals surface area (Å²) in [5.41, 5.74) is 1.22. The summed E-state index contributed by atoms with van der Waals surface area (Å²) in [4.78, 5) is 0. The van der Waals surface area contributed by atoms with Crippen molar-refractivity contribution in [3.05, 3.63) is 28.8 Å². The predicted octanol–water partition coefficient (Wildman–Crippen LogP) is 3.19. The van der Waals surface area contributed by atoms with Gasteiger partial charge in [0.1, 0.15) is 11.9 Å². The van der Waals surface area contributed by atoms with Gasteiger partial charge in [-0.3, -0.25) is 0 Å². The molecule has 4 heteroatoms. The van der Waals surface area contributed by atoms with Gasteiger partial charge in [-0.1, -0.05) is 11.6 Å². The maximum atomic E-state index is 6.00. The van der Waals surface area contributed by atoms with Gasteiger partial charge >= 0.3 is 0 Å². The highest BCUT2D eigenvalue weighted by Crippen LogP contribution is 2.30. The van der Waals surface area contributed by atoms with Gasteiger partial charge in [0.2, 0.25) is 0 Å². The van der Waals surface area contributed by atoms with E-state index in [1.54, 1.807) is 0 Å². The van der Waals surface area contributed by atoms with E-state index in [9.17, 15) is 0 Å². The molecule has 1 aromatic rings. The van der Waals surface area contributed by atoms with Crippen molar-refractivity contribution < 1.29 is 9.47 Å². The summed E-state index contributed by atoms with van der Waals surface area (Å²) in [6.45, 7) is 2.83. The summed E-state index contributed by atoms with van der Waals surface area (Å²) in [5.74, 6) is 0.983. The van der Waals surface area contributed by atoms with Crippen LogP contribution in [0, 0.1) is 0 Å². The van der Waals surface area contributed by atoms with Gasteiger partial charge in [0.05, 0.1) is 6.10 Å². The molecule has 1 aromatic carbocycles. The minimum atomic E-state index is 0.232. The molecule has 0 aromatic heterocycles. The van der Waals surface area contributed by atoms with Crippen LogP contribution >= 0.6 is 11.6 Å². The second kappa shape index (κ2) is 6.79. The molecule has 0 amide bonds. The van der Waals surface area contributed by atoms with E-state index in [1.807, 2.05) is 18.2 Å². The zero-order valence-electron chi connectivity index (χ0n) is 11.7. The Bertz CT molecular complexity index is 446. The van der Waals surface area contributed by atoms with Crippen LogP contribution in [0.5, 0.6) is 5.75 Å². The second-order valence-corrected chi connectivity index (χ2v) is 6.11. The molecule has 3 nitrogen and oxygen atoms in total. The van der Waals surface area contributed by atoms with E-state index in [-0.39, 0.29) is 6.10 Å². The van der Waals surface area contributed by atoms with Crippen LogP contribution in [-0.2, 0) is 11.2 Å². The van der Waals surface area contributed by atoms with Crippen molar-refractivity contribution in [2.24, 2.45) is 0 Å². The largest absolute Gasteiger partial charge is 0.488 e. The molecule has 2 heterocycles. The number of ether oxygens (including phenoxy) is 2. The quantitative estimate of drug-likeness (QED) is 0.846. The third-order valence-corrected chi connectivity index (χ3v) is 4.29. The van der Waals surface area contributed by atoms with Gasteiger partial charge < -0.3 is 14.8 Å². The predicted molar refractivity (Wildman–Crippen MR) is 80.6 cm³/mol. The molecule has 2 aliphatic rings. The lowest BCUT2D eigenvalue weighted by atomic mass is 10.1. The Balaban J connectivity index is 1.36. The molecule has 0 aliphatic carbocycles. The first-order valence-electron chi connectivity index (χ1n) is 7.58. The molecule has 2 aliphatic heterocycles. The van der Waals surface area contributed by atoms with E-state index >= 15 is 0 Å². The van der Waals surface area contributed by atoms with Crippen molar-refractivity contribution in [1.82, 2.24) is 5.32 Å². The highest BCUT2D eigenvalue weighted by molar-refractivity contribution is 6.30. The average Bonchev–Trinajstić information content (AvgIpc) is 2.86. The molecule has 110 valence electrons. The zero-order chi connectivity index (χ0) is 13.8. The van der Waals surface area contributed by atoms with Gasteiger partial charge in [-0.25, -0.2) is 0 Å². The van der Waals surface area contributed by atoms with Crippen molar-refractivity contribution in [2.45, 2.75) is 44.3 Å². The standard InChI is InChI=1S/C16H22ClNO2/c17-13-4-5-16-12(9-13)10-15(20-16)11-18-7-6-14-3-1-2-8-19-14/h4-5,9,14-15,18H,1-3,6-8,10-11H2. The Morgan fingerprint density at radius 3 is 3.05 bits per heavy atom. The topological polar surface area (TPSA) is 30.5 Å². The molecular formula is C16H22ClNO2. The molecule has 2 atom stereocenters. The van der Waals surface area contributed by atoms with E-state index in [4.69, 9.17) is 21.1 Å². The number of halogens is 1. The lowest BCUT2D eigenvalue weighted by Crippen LogP contribution is -2.32. The maximum Gasteiger partial charge on any atom is 0.123 e. The molecule has 1 saturated heterocycles. The first-order chi connectivity index (χ1) is 9.81. The first-order valence-corrected chi connectivity index (χ1v) is 7.96. The number of hydrogen-bond donors (Lipinski definition) is 1. The monoisotopic (exact) mass is 295 g/mol. The molecule has 2 unspecified atom stereocenters. The Labute approximate surface area is 125 Å². The van der Waals surface area contributed by atoms with Crippen LogP contribution in [0.25, 0.3) is 0 Å². The average molecular weight is 296 g/mol. The van der Waals surface area contributed by atoms with Gasteiger partial charge in [-0.15, -0.1) is 0 Å². The van der Waals surface area contributed by atoms with Crippen LogP contribution in [0.4, 0.5) is 0 Å². The minimum absolute atomic E-state index is 0.232. The van der Waals surface area contributed by atoms with Gasteiger partial charge in [-0.2, -0.15) is 0 Å². The molecule has 1 fully saturated rings. The summed E-state index contributed by atoms with van der Waals surface area (Å²) in [5, 5.41) is 4.27. The summed E-state index contributed by atoms with van der Waals surface area (Å²) in [7, 11) is 0. The van der Waals surface area contributed by atoms with Crippen LogP contribution in [0.15, 0.2) is 18.2 Å². The van der Waals surface area contributed by atoms with Crippen molar-refractivity contribution in [2.75, 3.05) is 19.7 Å². The Morgan fingerprint density at radius 1 is 1.25 bits per heavy atom. The Kier molecular flexibility index (Phi) is 4.81. The van der Waals surface area contributed by atoms with E-state index in [1.165, 1.54) is 24.8 Å². The summed E-state index contributed by atoms with van der Waals surface area (Å²) in [6, 6.07) is 5.86. The van der Waals surface area contributed by atoms with E-state index < -0.39 is 0 Å². The normalized spacial score (nSPS) is 25.2. The molecule has 0 spiro atoms. The molecule has 0 saturated carbocycles. The molecule has 20 heavy (non-hydrogen) atoms. The van der Waals surface area contributed by atoms with Crippen LogP contribution in [0.2, 0.25) is 5.02 Å². The fourth-order valence-electron chi connectivity index (χ4n) is 2.96. The molecule has 1 N–H and O–H groups in total. The molecule has 0 radical (unpaired) electrons. The number of rotatable bonds is 5. The third kappa shape index (κ3) is 3.66. The van der Waals surface area contributed by atoms with Gasteiger partial charge in [-0.05, 0) is 56.0 Å². The van der Waals surface area contributed by atoms with E-state index in [0.29, 0.717) is 6.10 Å². The summed E-state index contributed by atoms with van der Waals surface area (Å²) >= 11 is 6.00. The van der Waals surface area contributed by atoms with Gasteiger partial charge in [0.25, 0.3) is 0 Å². The summed E-state index contributed by atoms with van der Waals surface area (Å²) < 4.78 is 11.6. The zero-order valence-corrected chi connectivity index (χ0v) is 12.5. The molecule has 3 rings (SSSR count). The number of hydrogen-bond acceptors (Lipinski definition) is 3. The third-order valence-electron chi connectivity index (χ3n) is 4.05. The van der Waals surface area contributed by atoms with Crippen molar-refractivity contribution >= 4 is 11.6 Å². The molecule has 0 bridgehead atoms. The fourth-order valence-corrected chi connectivity index (χ4v) is 3.16. The van der Waals surface area contributed by atoms with Crippen molar-refractivity contribution in [1.29, 1.82) is 0 Å². The van der Waals surface area contributed by atoms with Crippen molar-refractivity contribution in [3.63, 3.8) is 0 Å². The number of fused-ring (bicyclic) bond motifs is 1. The fraction of sp³-hybridized carbons (Fsp3) is 0.625. The Hall–Kier alpha value is -0.770. The highest BCUT2D eigenvalue weighted by Gasteiger charge is 2.22. The lowest BCUT2D eigenvalue weighted by molar-refractivity contribution is 0.0113. The minimum Gasteiger partial charge on any atom is -0.488 e. The van der Waals surface area contributed by atoms with Crippen LogP contribution in [-0.4, -0.2) is 31.9 Å². The SMILES string of the molecule is Clc1ccc2c(c1)CC(CNCCC1CCCCO1)O2. The van der Waals surface area contributed by atoms with E-state index in [0.717, 1.165) is 43.3 Å². The highest BCUT2D eigenvalue weighted by atomic mass is 35.5. The second-order valence-electron chi connectivity index (χ2n) is 5.68. The first kappa shape index (κ1) is 14.2. The number of benzene rings is 1. The van der Waals surface area contributed by atoms with Crippen LogP contribution in [0.1, 0.15) is 31.2 Å².